The van der Waals surface area contributed by atoms with Crippen LogP contribution in [-0.2, 0) is 16.4 Å². The summed E-state index contributed by atoms with van der Waals surface area (Å²) in [6, 6.07) is 12.6. The van der Waals surface area contributed by atoms with Gasteiger partial charge in [0.25, 0.3) is 10.0 Å². The van der Waals surface area contributed by atoms with Crippen molar-refractivity contribution in [2.24, 2.45) is 5.73 Å². The summed E-state index contributed by atoms with van der Waals surface area (Å²) < 4.78 is 30.1. The minimum absolute atomic E-state index is 0.219. The van der Waals surface area contributed by atoms with Crippen molar-refractivity contribution >= 4 is 32.1 Å². The maximum Gasteiger partial charge on any atom is 0.269 e. The number of imidazole rings is 1. The van der Waals surface area contributed by atoms with Gasteiger partial charge in [-0.05, 0) is 63.5 Å². The minimum atomic E-state index is -3.78. The number of nitrogens with two attached hydrogens (primary N) is 1. The second-order valence-corrected chi connectivity index (χ2v) is 12.2. The van der Waals surface area contributed by atoms with E-state index in [4.69, 9.17) is 16.0 Å². The Morgan fingerprint density at radius 3 is 2.45 bits per heavy atom. The monoisotopic (exact) mass is 562 g/mol. The number of benzene rings is 1. The number of fused-ring (bicyclic) bond motifs is 3. The number of nitrogens with zero attached hydrogens (tertiary/aromatic N) is 6. The Morgan fingerprint density at radius 1 is 1.07 bits per heavy atom. The van der Waals surface area contributed by atoms with E-state index in [0.29, 0.717) is 25.0 Å². The Morgan fingerprint density at radius 2 is 1.82 bits per heavy atom. The van der Waals surface area contributed by atoms with Gasteiger partial charge < -0.3 is 20.5 Å². The predicted molar refractivity (Wildman–Crippen MR) is 156 cm³/mol. The van der Waals surface area contributed by atoms with Crippen molar-refractivity contribution in [1.82, 2.24) is 28.7 Å². The van der Waals surface area contributed by atoms with E-state index in [1.165, 1.54) is 36.3 Å². The van der Waals surface area contributed by atoms with Crippen LogP contribution >= 0.6 is 0 Å². The van der Waals surface area contributed by atoms with E-state index in [-0.39, 0.29) is 10.9 Å². The van der Waals surface area contributed by atoms with E-state index in [1.807, 2.05) is 6.07 Å². The molecule has 2 fully saturated rings. The van der Waals surface area contributed by atoms with Crippen LogP contribution in [0, 0.1) is 11.3 Å². The van der Waals surface area contributed by atoms with Crippen LogP contribution < -0.4 is 11.1 Å². The Bertz CT molecular complexity index is 1550. The van der Waals surface area contributed by atoms with E-state index >= 15 is 0 Å². The van der Waals surface area contributed by atoms with Crippen LogP contribution in [0.4, 0.5) is 0 Å². The lowest BCUT2D eigenvalue weighted by atomic mass is 10.0. The number of hydrogen-bond donors (Lipinski definition) is 2. The van der Waals surface area contributed by atoms with Crippen LogP contribution in [0.1, 0.15) is 50.4 Å². The molecule has 4 aromatic rings. The number of aromatic nitrogens is 4. The second kappa shape index (κ2) is 12.9. The molecule has 6 rings (SSSR count). The average Bonchev–Trinajstić information content (AvgIpc) is 3.60. The molecular formula is C29H38N8O2S. The molecule has 212 valence electrons. The molecule has 1 aromatic carbocycles. The SMILES string of the molecule is C1CCNCC1.N#CCCN1CCC(n2c(CCN)nc3cnc4c(ccn4S(=O)(=O)c4ccccc4)c32)CC1. The van der Waals surface area contributed by atoms with Gasteiger partial charge in [-0.15, -0.1) is 0 Å². The van der Waals surface area contributed by atoms with Crippen molar-refractivity contribution in [2.75, 3.05) is 39.3 Å². The van der Waals surface area contributed by atoms with E-state index in [2.05, 4.69) is 25.8 Å². The van der Waals surface area contributed by atoms with Crippen LogP contribution in [0.15, 0.2) is 53.7 Å². The van der Waals surface area contributed by atoms with Gasteiger partial charge in [-0.3, -0.25) is 0 Å². The molecule has 2 aliphatic heterocycles. The van der Waals surface area contributed by atoms with Crippen LogP contribution in [0.5, 0.6) is 0 Å². The average molecular weight is 563 g/mol. The zero-order valence-electron chi connectivity index (χ0n) is 22.9. The topological polar surface area (TPSA) is 135 Å². The van der Waals surface area contributed by atoms with E-state index in [1.54, 1.807) is 42.7 Å². The van der Waals surface area contributed by atoms with E-state index < -0.39 is 10.0 Å². The quantitative estimate of drug-likeness (QED) is 0.350. The number of piperidine rings is 2. The van der Waals surface area contributed by atoms with Crippen LogP contribution in [0.2, 0.25) is 0 Å². The largest absolute Gasteiger partial charge is 0.330 e. The predicted octanol–water partition coefficient (Wildman–Crippen LogP) is 3.43. The summed E-state index contributed by atoms with van der Waals surface area (Å²) in [6.45, 7) is 5.58. The number of rotatable bonds is 7. The van der Waals surface area contributed by atoms with Crippen LogP contribution in [0.3, 0.4) is 0 Å². The first-order chi connectivity index (χ1) is 19.5. The van der Waals surface area contributed by atoms with Crippen molar-refractivity contribution < 1.29 is 8.42 Å². The van der Waals surface area contributed by atoms with Crippen LogP contribution in [-0.4, -0.2) is 71.1 Å². The number of nitrogens with one attached hydrogen (secondary N) is 1. The third-order valence-electron chi connectivity index (χ3n) is 7.74. The molecule has 40 heavy (non-hydrogen) atoms. The smallest absolute Gasteiger partial charge is 0.269 e. The van der Waals surface area contributed by atoms with Gasteiger partial charge in [0.1, 0.15) is 11.3 Å². The molecule has 0 saturated carbocycles. The van der Waals surface area contributed by atoms with Gasteiger partial charge in [-0.2, -0.15) is 5.26 Å². The fourth-order valence-corrected chi connectivity index (χ4v) is 7.03. The van der Waals surface area contributed by atoms with Crippen molar-refractivity contribution in [3.63, 3.8) is 0 Å². The number of hydrogen-bond acceptors (Lipinski definition) is 8. The van der Waals surface area contributed by atoms with Gasteiger partial charge >= 0.3 is 0 Å². The summed E-state index contributed by atoms with van der Waals surface area (Å²) in [5, 5.41) is 12.9. The van der Waals surface area contributed by atoms with Gasteiger partial charge in [0.2, 0.25) is 0 Å². The molecular weight excluding hydrogens is 524 g/mol. The fraction of sp³-hybridized carbons (Fsp3) is 0.483. The van der Waals surface area contributed by atoms with Crippen LogP contribution in [0.25, 0.3) is 22.1 Å². The third-order valence-corrected chi connectivity index (χ3v) is 9.42. The van der Waals surface area contributed by atoms with Crippen molar-refractivity contribution in [3.8, 4) is 6.07 Å². The lowest BCUT2D eigenvalue weighted by molar-refractivity contribution is 0.190. The van der Waals surface area contributed by atoms with Crippen molar-refractivity contribution in [3.05, 3.63) is 54.6 Å². The van der Waals surface area contributed by atoms with Crippen molar-refractivity contribution in [2.45, 2.75) is 55.9 Å². The summed E-state index contributed by atoms with van der Waals surface area (Å²) >= 11 is 0. The first-order valence-corrected chi connectivity index (χ1v) is 15.7. The van der Waals surface area contributed by atoms with Gasteiger partial charge in [0.05, 0.1) is 22.7 Å². The first kappa shape index (κ1) is 28.2. The van der Waals surface area contributed by atoms with Crippen molar-refractivity contribution in [1.29, 1.82) is 5.26 Å². The van der Waals surface area contributed by atoms with Gasteiger partial charge in [0.15, 0.2) is 5.65 Å². The highest BCUT2D eigenvalue weighted by molar-refractivity contribution is 7.90. The molecule has 3 N–H and O–H groups in total. The molecule has 10 nitrogen and oxygen atoms in total. The molecule has 0 spiro atoms. The molecule has 0 unspecified atom stereocenters. The summed E-state index contributed by atoms with van der Waals surface area (Å²) in [5.74, 6) is 0.904. The summed E-state index contributed by atoms with van der Waals surface area (Å²) in [6.07, 6.45) is 10.5. The summed E-state index contributed by atoms with van der Waals surface area (Å²) in [5.41, 5.74) is 7.95. The van der Waals surface area contributed by atoms with Gasteiger partial charge in [0, 0.05) is 50.1 Å². The molecule has 2 saturated heterocycles. The molecule has 0 bridgehead atoms. The molecule has 5 heterocycles. The maximum absolute atomic E-state index is 13.3. The Hall–Kier alpha value is -3.30. The van der Waals surface area contributed by atoms with E-state index in [0.717, 1.165) is 54.7 Å². The Labute approximate surface area is 235 Å². The zero-order chi connectivity index (χ0) is 28.0. The molecule has 0 radical (unpaired) electrons. The Kier molecular flexibility index (Phi) is 9.11. The fourth-order valence-electron chi connectivity index (χ4n) is 5.71. The highest BCUT2D eigenvalue weighted by Crippen LogP contribution is 2.34. The number of likely N-dealkylation sites (tertiary alicyclic amines) is 1. The minimum Gasteiger partial charge on any atom is -0.330 e. The molecule has 0 atom stereocenters. The third kappa shape index (κ3) is 5.90. The molecule has 2 aliphatic rings. The Balaban J connectivity index is 0.000000477. The normalized spacial score (nSPS) is 17.0. The first-order valence-electron chi connectivity index (χ1n) is 14.2. The molecule has 11 heteroatoms. The molecule has 0 amide bonds. The number of nitriles is 1. The molecule has 0 aliphatic carbocycles. The highest BCUT2D eigenvalue weighted by atomic mass is 32.2. The standard InChI is InChI=1S/C24H27N7O2S.C5H11N/c25-11-4-13-29-14-8-18(9-15-29)31-22(7-12-26)28-21-17-27-24-20(23(21)31)10-16-30(24)34(32,33)19-5-2-1-3-6-19;1-2-4-6-5-3-1/h1-3,5-6,10,16-18H,4,7-9,12-15,26H2;6H,1-5H2. The van der Waals surface area contributed by atoms with Gasteiger partial charge in [-0.25, -0.2) is 22.4 Å². The molecule has 3 aromatic heterocycles. The van der Waals surface area contributed by atoms with Gasteiger partial charge in [-0.1, -0.05) is 24.6 Å². The summed E-state index contributed by atoms with van der Waals surface area (Å²) in [4.78, 5) is 11.9. The lowest BCUT2D eigenvalue weighted by Crippen LogP contribution is -2.35. The zero-order valence-corrected chi connectivity index (χ0v) is 23.7. The highest BCUT2D eigenvalue weighted by Gasteiger charge is 2.27. The lowest BCUT2D eigenvalue weighted by Gasteiger charge is -2.33. The summed E-state index contributed by atoms with van der Waals surface area (Å²) in [7, 11) is -3.78. The maximum atomic E-state index is 13.3. The number of pyridine rings is 1. The van der Waals surface area contributed by atoms with E-state index in [9.17, 15) is 8.42 Å². The second-order valence-electron chi connectivity index (χ2n) is 10.4.